The molecule has 0 aliphatic heterocycles. The molecule has 2 aromatic carbocycles. The van der Waals surface area contributed by atoms with Crippen LogP contribution >= 0.6 is 0 Å². The summed E-state index contributed by atoms with van der Waals surface area (Å²) in [4.78, 5) is 16.5. The molecule has 3 aromatic rings. The van der Waals surface area contributed by atoms with Crippen LogP contribution in [-0.4, -0.2) is 24.2 Å². The number of rotatable bonds is 7. The normalized spacial score (nSPS) is 10.7. The van der Waals surface area contributed by atoms with E-state index in [1.165, 1.54) is 0 Å². The molecule has 0 amide bonds. The first-order valence-corrected chi connectivity index (χ1v) is 8.62. The van der Waals surface area contributed by atoms with Crippen LogP contribution in [0.3, 0.4) is 0 Å². The highest BCUT2D eigenvalue weighted by Gasteiger charge is 2.18. The van der Waals surface area contributed by atoms with Crippen LogP contribution in [0.15, 0.2) is 54.7 Å². The predicted octanol–water partition coefficient (Wildman–Crippen LogP) is 4.74. The van der Waals surface area contributed by atoms with Crippen molar-refractivity contribution in [3.63, 3.8) is 0 Å². The topological polar surface area (TPSA) is 57.7 Å². The van der Waals surface area contributed by atoms with Crippen molar-refractivity contribution in [2.75, 3.05) is 13.2 Å². The highest BCUT2D eigenvalue weighted by atomic mass is 16.5. The fourth-order valence-corrected chi connectivity index (χ4v) is 2.68. The average Bonchev–Trinajstić information content (AvgIpc) is 2.66. The molecule has 134 valence electrons. The van der Waals surface area contributed by atoms with Gasteiger partial charge in [-0.05, 0) is 43.5 Å². The monoisotopic (exact) mass is 351 g/mol. The minimum Gasteiger partial charge on any atom is -0.461 e. The van der Waals surface area contributed by atoms with Crippen molar-refractivity contribution in [3.05, 3.63) is 66.0 Å². The van der Waals surface area contributed by atoms with E-state index in [4.69, 9.17) is 14.2 Å². The standard InChI is InChI=1S/C21H21NO4/c1-3-24-14-19-18-11-10-17(26-16-8-6-5-7-9-16)12-15(18)13-22-20(19)21(23)25-4-2/h5-13H,3-4,14H2,1-2H3. The van der Waals surface area contributed by atoms with Crippen LogP contribution in [0.5, 0.6) is 11.5 Å². The molecule has 3 rings (SSSR count). The van der Waals surface area contributed by atoms with Gasteiger partial charge in [-0.15, -0.1) is 0 Å². The number of hydrogen-bond donors (Lipinski definition) is 0. The van der Waals surface area contributed by atoms with Crippen LogP contribution in [-0.2, 0) is 16.1 Å². The third-order valence-electron chi connectivity index (χ3n) is 3.86. The second-order valence-corrected chi connectivity index (χ2v) is 5.61. The minimum absolute atomic E-state index is 0.296. The van der Waals surface area contributed by atoms with Crippen LogP contribution in [0.2, 0.25) is 0 Å². The number of benzene rings is 2. The number of fused-ring (bicyclic) bond motifs is 1. The number of esters is 1. The molecule has 0 radical (unpaired) electrons. The summed E-state index contributed by atoms with van der Waals surface area (Å²) in [6.45, 7) is 4.83. The zero-order valence-electron chi connectivity index (χ0n) is 14.9. The summed E-state index contributed by atoms with van der Waals surface area (Å²) in [6.07, 6.45) is 1.66. The van der Waals surface area contributed by atoms with Gasteiger partial charge in [-0.2, -0.15) is 0 Å². The van der Waals surface area contributed by atoms with E-state index >= 15 is 0 Å². The molecule has 0 aliphatic carbocycles. The summed E-state index contributed by atoms with van der Waals surface area (Å²) < 4.78 is 16.5. The number of aromatic nitrogens is 1. The lowest BCUT2D eigenvalue weighted by molar-refractivity contribution is 0.0512. The van der Waals surface area contributed by atoms with E-state index in [0.717, 1.165) is 22.1 Å². The number of para-hydroxylation sites is 1. The van der Waals surface area contributed by atoms with Gasteiger partial charge < -0.3 is 14.2 Å². The minimum atomic E-state index is -0.436. The quantitative estimate of drug-likeness (QED) is 0.576. The van der Waals surface area contributed by atoms with Crippen molar-refractivity contribution in [1.82, 2.24) is 4.98 Å². The van der Waals surface area contributed by atoms with Crippen LogP contribution in [0.25, 0.3) is 10.8 Å². The van der Waals surface area contributed by atoms with Gasteiger partial charge in [0.2, 0.25) is 0 Å². The van der Waals surface area contributed by atoms with E-state index in [2.05, 4.69) is 4.98 Å². The number of carbonyl (C=O) groups is 1. The molecular weight excluding hydrogens is 330 g/mol. The molecule has 5 nitrogen and oxygen atoms in total. The maximum Gasteiger partial charge on any atom is 0.357 e. The molecule has 0 saturated carbocycles. The van der Waals surface area contributed by atoms with E-state index in [0.29, 0.717) is 31.3 Å². The van der Waals surface area contributed by atoms with Crippen molar-refractivity contribution < 1.29 is 19.0 Å². The Hall–Kier alpha value is -2.92. The summed E-state index contributed by atoms with van der Waals surface area (Å²) in [5, 5.41) is 1.78. The lowest BCUT2D eigenvalue weighted by Gasteiger charge is -2.13. The first-order valence-electron chi connectivity index (χ1n) is 8.62. The molecule has 0 saturated heterocycles. The molecule has 0 unspecified atom stereocenters. The largest absolute Gasteiger partial charge is 0.461 e. The van der Waals surface area contributed by atoms with Gasteiger partial charge in [0.05, 0.1) is 13.2 Å². The van der Waals surface area contributed by atoms with E-state index in [1.807, 2.05) is 55.5 Å². The van der Waals surface area contributed by atoms with Gasteiger partial charge in [0, 0.05) is 23.8 Å². The van der Waals surface area contributed by atoms with Crippen LogP contribution in [0.1, 0.15) is 29.9 Å². The molecule has 0 N–H and O–H groups in total. The van der Waals surface area contributed by atoms with E-state index in [1.54, 1.807) is 13.1 Å². The van der Waals surface area contributed by atoms with Gasteiger partial charge in [-0.3, -0.25) is 0 Å². The second-order valence-electron chi connectivity index (χ2n) is 5.61. The number of nitrogens with zero attached hydrogens (tertiary/aromatic N) is 1. The fraction of sp³-hybridized carbons (Fsp3) is 0.238. The van der Waals surface area contributed by atoms with E-state index in [9.17, 15) is 4.79 Å². The molecule has 0 bridgehead atoms. The first kappa shape index (κ1) is 17.9. The average molecular weight is 351 g/mol. The Morgan fingerprint density at radius 3 is 2.54 bits per heavy atom. The number of carbonyl (C=O) groups excluding carboxylic acids is 1. The summed E-state index contributed by atoms with van der Waals surface area (Å²) in [5.74, 6) is 1.03. The maximum atomic E-state index is 12.2. The molecule has 1 heterocycles. The molecule has 5 heteroatoms. The molecular formula is C21H21NO4. The number of pyridine rings is 1. The Balaban J connectivity index is 1.99. The second kappa shape index (κ2) is 8.45. The van der Waals surface area contributed by atoms with Gasteiger partial charge in [0.15, 0.2) is 5.69 Å². The Morgan fingerprint density at radius 1 is 1.00 bits per heavy atom. The zero-order chi connectivity index (χ0) is 18.4. The Morgan fingerprint density at radius 2 is 1.81 bits per heavy atom. The highest BCUT2D eigenvalue weighted by Crippen LogP contribution is 2.28. The Kier molecular flexibility index (Phi) is 5.81. The Labute approximate surface area is 152 Å². The molecule has 0 spiro atoms. The maximum absolute atomic E-state index is 12.2. The number of hydrogen-bond acceptors (Lipinski definition) is 5. The van der Waals surface area contributed by atoms with Crippen LogP contribution in [0.4, 0.5) is 0 Å². The summed E-state index contributed by atoms with van der Waals surface area (Å²) >= 11 is 0. The van der Waals surface area contributed by atoms with Crippen LogP contribution < -0.4 is 4.74 Å². The van der Waals surface area contributed by atoms with Gasteiger partial charge in [0.25, 0.3) is 0 Å². The first-order chi connectivity index (χ1) is 12.7. The van der Waals surface area contributed by atoms with Crippen molar-refractivity contribution >= 4 is 16.7 Å². The lowest BCUT2D eigenvalue weighted by Crippen LogP contribution is -2.12. The molecule has 0 fully saturated rings. The molecule has 0 atom stereocenters. The van der Waals surface area contributed by atoms with Crippen molar-refractivity contribution in [1.29, 1.82) is 0 Å². The summed E-state index contributed by atoms with van der Waals surface area (Å²) in [6, 6.07) is 15.3. The number of ether oxygens (including phenoxy) is 3. The van der Waals surface area contributed by atoms with Crippen molar-refractivity contribution in [2.24, 2.45) is 0 Å². The van der Waals surface area contributed by atoms with E-state index < -0.39 is 5.97 Å². The van der Waals surface area contributed by atoms with Gasteiger partial charge in [-0.1, -0.05) is 24.3 Å². The predicted molar refractivity (Wildman–Crippen MR) is 99.5 cm³/mol. The SMILES string of the molecule is CCOCc1c(C(=O)OCC)ncc2cc(Oc3ccccc3)ccc12. The lowest BCUT2D eigenvalue weighted by atomic mass is 10.0. The third kappa shape index (κ3) is 4.00. The molecule has 0 aliphatic rings. The van der Waals surface area contributed by atoms with Crippen molar-refractivity contribution in [3.8, 4) is 11.5 Å². The van der Waals surface area contributed by atoms with Crippen molar-refractivity contribution in [2.45, 2.75) is 20.5 Å². The van der Waals surface area contributed by atoms with Gasteiger partial charge >= 0.3 is 5.97 Å². The van der Waals surface area contributed by atoms with E-state index in [-0.39, 0.29) is 0 Å². The van der Waals surface area contributed by atoms with Gasteiger partial charge in [0.1, 0.15) is 11.5 Å². The zero-order valence-corrected chi connectivity index (χ0v) is 14.9. The third-order valence-corrected chi connectivity index (χ3v) is 3.86. The summed E-state index contributed by atoms with van der Waals surface area (Å²) in [7, 11) is 0. The molecule has 26 heavy (non-hydrogen) atoms. The van der Waals surface area contributed by atoms with Crippen LogP contribution in [0, 0.1) is 0 Å². The highest BCUT2D eigenvalue weighted by molar-refractivity contribution is 5.96. The smallest absolute Gasteiger partial charge is 0.357 e. The van der Waals surface area contributed by atoms with Gasteiger partial charge in [-0.25, -0.2) is 9.78 Å². The molecule has 1 aromatic heterocycles. The summed E-state index contributed by atoms with van der Waals surface area (Å²) in [5.41, 5.74) is 1.03. The Bertz CT molecular complexity index is 893. The fourth-order valence-electron chi connectivity index (χ4n) is 2.68.